The lowest BCUT2D eigenvalue weighted by Crippen LogP contribution is -2.55. The molecule has 0 bridgehead atoms. The summed E-state index contributed by atoms with van der Waals surface area (Å²) in [6.45, 7) is 8.59. The van der Waals surface area contributed by atoms with E-state index in [1.165, 1.54) is 66.3 Å². The van der Waals surface area contributed by atoms with Crippen LogP contribution < -0.4 is 0 Å². The van der Waals surface area contributed by atoms with E-state index in [9.17, 15) is 4.79 Å². The summed E-state index contributed by atoms with van der Waals surface area (Å²) in [5.41, 5.74) is 6.87. The average molecular weight is 446 g/mol. The van der Waals surface area contributed by atoms with Crippen molar-refractivity contribution >= 4 is 5.91 Å². The third-order valence-electron chi connectivity index (χ3n) is 8.02. The van der Waals surface area contributed by atoms with Crippen molar-refractivity contribution in [1.82, 2.24) is 14.7 Å². The molecule has 176 valence electrons. The lowest BCUT2D eigenvalue weighted by Gasteiger charge is -2.43. The summed E-state index contributed by atoms with van der Waals surface area (Å²) in [6, 6.07) is 16.8. The fourth-order valence-corrected chi connectivity index (χ4v) is 5.55. The van der Waals surface area contributed by atoms with E-state index in [4.69, 9.17) is 0 Å². The number of carbonyl (C=O) groups is 1. The van der Waals surface area contributed by atoms with E-state index in [-0.39, 0.29) is 0 Å². The van der Waals surface area contributed by atoms with Crippen molar-refractivity contribution < 1.29 is 4.79 Å². The second-order valence-corrected chi connectivity index (χ2v) is 10.2. The van der Waals surface area contributed by atoms with Crippen molar-refractivity contribution in [1.29, 1.82) is 0 Å². The van der Waals surface area contributed by atoms with Crippen LogP contribution in [0.2, 0.25) is 0 Å². The number of benzene rings is 2. The van der Waals surface area contributed by atoms with Crippen LogP contribution in [0.1, 0.15) is 55.7 Å². The van der Waals surface area contributed by atoms with E-state index in [2.05, 4.69) is 64.1 Å². The lowest BCUT2D eigenvalue weighted by molar-refractivity contribution is -0.135. The Morgan fingerprint density at radius 3 is 2.36 bits per heavy atom. The number of hydrogen-bond donors (Lipinski definition) is 0. The summed E-state index contributed by atoms with van der Waals surface area (Å²) in [6.07, 6.45) is 8.79. The standard InChI is InChI=1S/C29H39N3O/c1-2-3-5-23-8-10-24(11-9-23)25-12-13-27-21-30(15-14-26(27)20-25)22-29(33)32-18-16-31(17-19-32)28-6-4-7-28/h8-13,20,28H,2-7,14-19,21-22H2,1H3. The number of amides is 1. The van der Waals surface area contributed by atoms with E-state index in [1.807, 2.05) is 0 Å². The van der Waals surface area contributed by atoms with Gasteiger partial charge in [0.25, 0.3) is 0 Å². The van der Waals surface area contributed by atoms with E-state index >= 15 is 0 Å². The van der Waals surface area contributed by atoms with E-state index in [0.717, 1.165) is 51.7 Å². The van der Waals surface area contributed by atoms with Crippen molar-refractivity contribution in [2.45, 2.75) is 64.5 Å². The minimum absolute atomic E-state index is 0.312. The van der Waals surface area contributed by atoms with Gasteiger partial charge in [-0.15, -0.1) is 0 Å². The lowest BCUT2D eigenvalue weighted by atomic mass is 9.91. The van der Waals surface area contributed by atoms with Crippen molar-refractivity contribution in [3.8, 4) is 11.1 Å². The van der Waals surface area contributed by atoms with Gasteiger partial charge in [0.2, 0.25) is 5.91 Å². The van der Waals surface area contributed by atoms with Gasteiger partial charge in [-0.3, -0.25) is 14.6 Å². The number of piperazine rings is 1. The SMILES string of the molecule is CCCCc1ccc(-c2ccc3c(c2)CCN(CC(=O)N2CCN(C4CCC4)CC2)C3)cc1. The minimum Gasteiger partial charge on any atom is -0.339 e. The van der Waals surface area contributed by atoms with E-state index in [1.54, 1.807) is 0 Å². The number of carbonyl (C=O) groups excluding carboxylic acids is 1. The summed E-state index contributed by atoms with van der Waals surface area (Å²) in [7, 11) is 0. The first kappa shape index (κ1) is 22.6. The van der Waals surface area contributed by atoms with Crippen LogP contribution in [-0.2, 0) is 24.2 Å². The van der Waals surface area contributed by atoms with Gasteiger partial charge in [0.15, 0.2) is 0 Å². The van der Waals surface area contributed by atoms with Crippen LogP contribution in [0.4, 0.5) is 0 Å². The Hall–Kier alpha value is -2.17. The van der Waals surface area contributed by atoms with E-state index in [0.29, 0.717) is 12.5 Å². The molecule has 1 saturated carbocycles. The highest BCUT2D eigenvalue weighted by molar-refractivity contribution is 5.78. The topological polar surface area (TPSA) is 26.8 Å². The first-order chi connectivity index (χ1) is 16.2. The fraction of sp³-hybridized carbons (Fsp3) is 0.552. The molecule has 5 rings (SSSR count). The Balaban J connectivity index is 1.15. The zero-order chi connectivity index (χ0) is 22.6. The molecule has 2 fully saturated rings. The normalized spacial score (nSPS) is 19.8. The van der Waals surface area contributed by atoms with Crippen LogP contribution in [0.3, 0.4) is 0 Å². The molecule has 0 spiro atoms. The summed E-state index contributed by atoms with van der Waals surface area (Å²) in [4.78, 5) is 20.0. The van der Waals surface area contributed by atoms with Gasteiger partial charge >= 0.3 is 0 Å². The fourth-order valence-electron chi connectivity index (χ4n) is 5.55. The van der Waals surface area contributed by atoms with Crippen molar-refractivity contribution in [2.75, 3.05) is 39.3 Å². The van der Waals surface area contributed by atoms with Gasteiger partial charge < -0.3 is 4.90 Å². The summed E-state index contributed by atoms with van der Waals surface area (Å²) in [5.74, 6) is 0.312. The molecule has 1 aliphatic carbocycles. The Morgan fingerprint density at radius 2 is 1.67 bits per heavy atom. The molecule has 1 amide bonds. The van der Waals surface area contributed by atoms with Crippen molar-refractivity contribution in [3.63, 3.8) is 0 Å². The van der Waals surface area contributed by atoms with Crippen LogP contribution in [0.5, 0.6) is 0 Å². The number of aryl methyl sites for hydroxylation is 1. The van der Waals surface area contributed by atoms with Crippen LogP contribution in [0.25, 0.3) is 11.1 Å². The van der Waals surface area contributed by atoms with Gasteiger partial charge in [0.1, 0.15) is 0 Å². The van der Waals surface area contributed by atoms with Crippen LogP contribution in [-0.4, -0.2) is 65.9 Å². The number of hydrogen-bond acceptors (Lipinski definition) is 3. The molecule has 0 aromatic heterocycles. The monoisotopic (exact) mass is 445 g/mol. The second kappa shape index (κ2) is 10.4. The van der Waals surface area contributed by atoms with Crippen LogP contribution >= 0.6 is 0 Å². The zero-order valence-electron chi connectivity index (χ0n) is 20.3. The second-order valence-electron chi connectivity index (χ2n) is 10.2. The van der Waals surface area contributed by atoms with Crippen molar-refractivity contribution in [3.05, 3.63) is 59.2 Å². The maximum Gasteiger partial charge on any atom is 0.236 e. The summed E-state index contributed by atoms with van der Waals surface area (Å²) >= 11 is 0. The number of rotatable bonds is 7. The molecule has 4 nitrogen and oxygen atoms in total. The smallest absolute Gasteiger partial charge is 0.236 e. The maximum absolute atomic E-state index is 12.9. The highest BCUT2D eigenvalue weighted by atomic mass is 16.2. The molecule has 2 aliphatic heterocycles. The highest BCUT2D eigenvalue weighted by Gasteiger charge is 2.30. The molecular formula is C29H39N3O. The largest absolute Gasteiger partial charge is 0.339 e. The zero-order valence-corrected chi connectivity index (χ0v) is 20.3. The Labute approximate surface area is 199 Å². The number of fused-ring (bicyclic) bond motifs is 1. The molecule has 3 aliphatic rings. The Kier molecular flexibility index (Phi) is 7.13. The molecule has 2 heterocycles. The number of nitrogens with zero attached hydrogens (tertiary/aromatic N) is 3. The van der Waals surface area contributed by atoms with Gasteiger partial charge in [-0.05, 0) is 59.9 Å². The predicted molar refractivity (Wildman–Crippen MR) is 135 cm³/mol. The van der Waals surface area contributed by atoms with Crippen LogP contribution in [0, 0.1) is 0 Å². The molecular weight excluding hydrogens is 406 g/mol. The quantitative estimate of drug-likeness (QED) is 0.615. The minimum atomic E-state index is 0.312. The molecule has 4 heteroatoms. The molecule has 2 aromatic carbocycles. The summed E-state index contributed by atoms with van der Waals surface area (Å²) < 4.78 is 0. The molecule has 0 atom stereocenters. The van der Waals surface area contributed by atoms with Gasteiger partial charge in [-0.1, -0.05) is 62.2 Å². The number of unbranched alkanes of at least 4 members (excludes halogenated alkanes) is 1. The van der Waals surface area contributed by atoms with Gasteiger partial charge in [-0.2, -0.15) is 0 Å². The maximum atomic E-state index is 12.9. The van der Waals surface area contributed by atoms with Gasteiger partial charge in [0, 0.05) is 45.3 Å². The predicted octanol–water partition coefficient (Wildman–Crippen LogP) is 4.75. The Bertz CT molecular complexity index is 942. The molecule has 2 aromatic rings. The molecule has 1 saturated heterocycles. The molecule has 0 N–H and O–H groups in total. The third-order valence-corrected chi connectivity index (χ3v) is 8.02. The van der Waals surface area contributed by atoms with Gasteiger partial charge in [0.05, 0.1) is 6.54 Å². The third kappa shape index (κ3) is 5.33. The first-order valence-corrected chi connectivity index (χ1v) is 13.1. The molecule has 0 radical (unpaired) electrons. The van der Waals surface area contributed by atoms with E-state index < -0.39 is 0 Å². The Morgan fingerprint density at radius 1 is 0.909 bits per heavy atom. The molecule has 0 unspecified atom stereocenters. The summed E-state index contributed by atoms with van der Waals surface area (Å²) in [5, 5.41) is 0. The molecule has 33 heavy (non-hydrogen) atoms. The van der Waals surface area contributed by atoms with Crippen molar-refractivity contribution in [2.24, 2.45) is 0 Å². The average Bonchev–Trinajstić information content (AvgIpc) is 2.82. The van der Waals surface area contributed by atoms with Crippen LogP contribution in [0.15, 0.2) is 42.5 Å². The van der Waals surface area contributed by atoms with Gasteiger partial charge in [-0.25, -0.2) is 0 Å². The highest BCUT2D eigenvalue weighted by Crippen LogP contribution is 2.28. The first-order valence-electron chi connectivity index (χ1n) is 13.1.